The van der Waals surface area contributed by atoms with E-state index in [2.05, 4.69) is 5.92 Å². The number of amides is 1. The molecule has 100 valence electrons. The van der Waals surface area contributed by atoms with E-state index < -0.39 is 6.04 Å². The Balaban J connectivity index is 2.56. The first kappa shape index (κ1) is 14.5. The zero-order chi connectivity index (χ0) is 13.5. The molecule has 0 radical (unpaired) electrons. The lowest BCUT2D eigenvalue weighted by atomic mass is 9.97. The molecule has 1 fully saturated rings. The van der Waals surface area contributed by atoms with E-state index in [-0.39, 0.29) is 24.2 Å². The van der Waals surface area contributed by atoms with Gasteiger partial charge in [0.15, 0.2) is 0 Å². The number of rotatable bonds is 4. The molecule has 0 bridgehead atoms. The van der Waals surface area contributed by atoms with Crippen molar-refractivity contribution in [1.29, 1.82) is 0 Å². The minimum absolute atomic E-state index is 0.179. The SMILES string of the molecule is C#CCC(N)C(=O)N1CCCC(C(=O)OCC)C1. The number of nitrogens with two attached hydrogens (primary N) is 1. The molecule has 1 aliphatic rings. The molecule has 2 unspecified atom stereocenters. The Labute approximate surface area is 108 Å². The second-order valence-electron chi connectivity index (χ2n) is 4.39. The van der Waals surface area contributed by atoms with Crippen LogP contribution in [0.25, 0.3) is 0 Å². The van der Waals surface area contributed by atoms with Crippen molar-refractivity contribution in [3.8, 4) is 12.3 Å². The quantitative estimate of drug-likeness (QED) is 0.570. The molecule has 2 atom stereocenters. The summed E-state index contributed by atoms with van der Waals surface area (Å²) in [6.45, 7) is 3.15. The van der Waals surface area contributed by atoms with Gasteiger partial charge in [-0.1, -0.05) is 0 Å². The second-order valence-corrected chi connectivity index (χ2v) is 4.39. The maximum atomic E-state index is 12.0. The number of nitrogens with zero attached hydrogens (tertiary/aromatic N) is 1. The minimum atomic E-state index is -0.670. The maximum Gasteiger partial charge on any atom is 0.310 e. The molecule has 0 aromatic carbocycles. The fourth-order valence-corrected chi connectivity index (χ4v) is 2.08. The summed E-state index contributed by atoms with van der Waals surface area (Å²) >= 11 is 0. The van der Waals surface area contributed by atoms with Crippen LogP contribution in [0.4, 0.5) is 0 Å². The van der Waals surface area contributed by atoms with Crippen LogP contribution in [0.3, 0.4) is 0 Å². The van der Waals surface area contributed by atoms with E-state index >= 15 is 0 Å². The number of likely N-dealkylation sites (tertiary alicyclic amines) is 1. The van der Waals surface area contributed by atoms with Crippen LogP contribution >= 0.6 is 0 Å². The topological polar surface area (TPSA) is 72.6 Å². The van der Waals surface area contributed by atoms with E-state index in [1.165, 1.54) is 0 Å². The first-order valence-electron chi connectivity index (χ1n) is 6.24. The van der Waals surface area contributed by atoms with Crippen molar-refractivity contribution in [3.63, 3.8) is 0 Å². The molecule has 1 rings (SSSR count). The molecule has 5 nitrogen and oxygen atoms in total. The number of esters is 1. The predicted molar refractivity (Wildman–Crippen MR) is 67.4 cm³/mol. The highest BCUT2D eigenvalue weighted by Gasteiger charge is 2.30. The smallest absolute Gasteiger partial charge is 0.310 e. The normalized spacial score (nSPS) is 20.9. The summed E-state index contributed by atoms with van der Waals surface area (Å²) in [5, 5.41) is 0. The molecule has 1 amide bonds. The Bertz CT molecular complexity index is 349. The predicted octanol–water partition coefficient (Wildman–Crippen LogP) is 0.139. The van der Waals surface area contributed by atoms with Gasteiger partial charge in [0, 0.05) is 19.5 Å². The molecule has 1 aliphatic heterocycles. The Morgan fingerprint density at radius 1 is 1.61 bits per heavy atom. The zero-order valence-corrected chi connectivity index (χ0v) is 10.7. The third kappa shape index (κ3) is 3.74. The molecule has 5 heteroatoms. The summed E-state index contributed by atoms with van der Waals surface area (Å²) in [6, 6.07) is -0.670. The van der Waals surface area contributed by atoms with Crippen LogP contribution in [0.15, 0.2) is 0 Å². The van der Waals surface area contributed by atoms with Gasteiger partial charge in [-0.15, -0.1) is 12.3 Å². The van der Waals surface area contributed by atoms with Crippen molar-refractivity contribution in [2.24, 2.45) is 11.7 Å². The van der Waals surface area contributed by atoms with Gasteiger partial charge in [0.05, 0.1) is 18.6 Å². The van der Waals surface area contributed by atoms with Crippen molar-refractivity contribution in [2.45, 2.75) is 32.2 Å². The van der Waals surface area contributed by atoms with Crippen molar-refractivity contribution < 1.29 is 14.3 Å². The molecular formula is C13H20N2O3. The van der Waals surface area contributed by atoms with Crippen LogP contribution in [0.5, 0.6) is 0 Å². The molecular weight excluding hydrogens is 232 g/mol. The number of ether oxygens (including phenoxy) is 1. The van der Waals surface area contributed by atoms with Gasteiger partial charge < -0.3 is 15.4 Å². The van der Waals surface area contributed by atoms with Crippen LogP contribution < -0.4 is 5.73 Å². The number of terminal acetylenes is 1. The molecule has 0 aliphatic carbocycles. The van der Waals surface area contributed by atoms with E-state index in [0.29, 0.717) is 19.7 Å². The molecule has 0 aromatic rings. The highest BCUT2D eigenvalue weighted by atomic mass is 16.5. The molecule has 2 N–H and O–H groups in total. The summed E-state index contributed by atoms with van der Waals surface area (Å²) in [5.74, 6) is 1.73. The van der Waals surface area contributed by atoms with Crippen LogP contribution in [-0.2, 0) is 14.3 Å². The highest BCUT2D eigenvalue weighted by molar-refractivity contribution is 5.83. The first-order chi connectivity index (χ1) is 8.60. The van der Waals surface area contributed by atoms with E-state index in [1.807, 2.05) is 0 Å². The summed E-state index contributed by atoms with van der Waals surface area (Å²) in [5.41, 5.74) is 5.69. The van der Waals surface area contributed by atoms with E-state index in [0.717, 1.165) is 12.8 Å². The average Bonchev–Trinajstić information content (AvgIpc) is 2.38. The lowest BCUT2D eigenvalue weighted by Gasteiger charge is -2.32. The number of piperidine rings is 1. The fraction of sp³-hybridized carbons (Fsp3) is 0.692. The Morgan fingerprint density at radius 3 is 2.94 bits per heavy atom. The fourth-order valence-electron chi connectivity index (χ4n) is 2.08. The van der Waals surface area contributed by atoms with Gasteiger partial charge in [0.2, 0.25) is 5.91 Å². The van der Waals surface area contributed by atoms with Gasteiger partial charge in [-0.05, 0) is 19.8 Å². The van der Waals surface area contributed by atoms with Gasteiger partial charge in [-0.3, -0.25) is 9.59 Å². The van der Waals surface area contributed by atoms with E-state index in [1.54, 1.807) is 11.8 Å². The minimum Gasteiger partial charge on any atom is -0.466 e. The lowest BCUT2D eigenvalue weighted by Crippen LogP contribution is -2.49. The van der Waals surface area contributed by atoms with E-state index in [9.17, 15) is 9.59 Å². The van der Waals surface area contributed by atoms with E-state index in [4.69, 9.17) is 16.9 Å². The van der Waals surface area contributed by atoms with Gasteiger partial charge in [0.1, 0.15) is 0 Å². The zero-order valence-electron chi connectivity index (χ0n) is 10.7. The third-order valence-electron chi connectivity index (χ3n) is 3.01. The standard InChI is InChI=1S/C13H20N2O3/c1-3-6-11(14)12(16)15-8-5-7-10(9-15)13(17)18-4-2/h1,10-11H,4-9,14H2,2H3. The lowest BCUT2D eigenvalue weighted by molar-refractivity contribution is -0.151. The van der Waals surface area contributed by atoms with Crippen molar-refractivity contribution >= 4 is 11.9 Å². The van der Waals surface area contributed by atoms with Crippen molar-refractivity contribution in [3.05, 3.63) is 0 Å². The van der Waals surface area contributed by atoms with Crippen molar-refractivity contribution in [2.75, 3.05) is 19.7 Å². The van der Waals surface area contributed by atoms with Crippen LogP contribution in [0, 0.1) is 18.3 Å². The molecule has 1 saturated heterocycles. The van der Waals surface area contributed by atoms with Gasteiger partial charge >= 0.3 is 5.97 Å². The second kappa shape index (κ2) is 7.02. The highest BCUT2D eigenvalue weighted by Crippen LogP contribution is 2.18. The Hall–Kier alpha value is -1.54. The van der Waals surface area contributed by atoms with Crippen LogP contribution in [0.2, 0.25) is 0 Å². The van der Waals surface area contributed by atoms with Crippen molar-refractivity contribution in [1.82, 2.24) is 4.90 Å². The van der Waals surface area contributed by atoms with Gasteiger partial charge in [0.25, 0.3) is 0 Å². The average molecular weight is 252 g/mol. The first-order valence-corrected chi connectivity index (χ1v) is 6.24. The Kier molecular flexibility index (Phi) is 5.66. The number of carbonyl (C=O) groups excluding carboxylic acids is 2. The summed E-state index contributed by atoms with van der Waals surface area (Å²) < 4.78 is 4.98. The molecule has 0 aromatic heterocycles. The van der Waals surface area contributed by atoms with Crippen LogP contribution in [0.1, 0.15) is 26.2 Å². The third-order valence-corrected chi connectivity index (χ3v) is 3.01. The maximum absolute atomic E-state index is 12.0. The number of hydrogen-bond acceptors (Lipinski definition) is 4. The monoisotopic (exact) mass is 252 g/mol. The van der Waals surface area contributed by atoms with Crippen LogP contribution in [-0.4, -0.2) is 42.5 Å². The Morgan fingerprint density at radius 2 is 2.33 bits per heavy atom. The van der Waals surface area contributed by atoms with Gasteiger partial charge in [-0.25, -0.2) is 0 Å². The summed E-state index contributed by atoms with van der Waals surface area (Å²) in [7, 11) is 0. The summed E-state index contributed by atoms with van der Waals surface area (Å²) in [4.78, 5) is 25.2. The molecule has 0 spiro atoms. The summed E-state index contributed by atoms with van der Waals surface area (Å²) in [6.07, 6.45) is 6.91. The molecule has 1 heterocycles. The number of hydrogen-bond donors (Lipinski definition) is 1. The molecule has 0 saturated carbocycles. The largest absolute Gasteiger partial charge is 0.466 e. The number of carbonyl (C=O) groups is 2. The molecule has 18 heavy (non-hydrogen) atoms. The van der Waals surface area contributed by atoms with Gasteiger partial charge in [-0.2, -0.15) is 0 Å².